The van der Waals surface area contributed by atoms with Gasteiger partial charge in [-0.1, -0.05) is 20.3 Å². The van der Waals surface area contributed by atoms with E-state index in [0.29, 0.717) is 12.5 Å². The molecule has 17 heavy (non-hydrogen) atoms. The smallest absolute Gasteiger partial charge is 0.0869 e. The highest BCUT2D eigenvalue weighted by Gasteiger charge is 2.24. The number of aliphatic hydroxyl groups is 1. The highest BCUT2D eigenvalue weighted by Crippen LogP contribution is 2.08. The van der Waals surface area contributed by atoms with Crippen LogP contribution in [0.25, 0.3) is 0 Å². The average Bonchev–Trinajstić information content (AvgIpc) is 2.29. The number of β-amino-alcohol motifs (C(OH)–C–C–N with tert-alkyl or cyclic N) is 1. The number of hydrogen-bond donors (Lipinski definition) is 2. The van der Waals surface area contributed by atoms with E-state index in [0.717, 1.165) is 39.4 Å². The van der Waals surface area contributed by atoms with Gasteiger partial charge in [-0.15, -0.1) is 0 Å². The van der Waals surface area contributed by atoms with Crippen molar-refractivity contribution < 1.29 is 9.84 Å². The highest BCUT2D eigenvalue weighted by molar-refractivity contribution is 4.81. The lowest BCUT2D eigenvalue weighted by Crippen LogP contribution is -2.50. The Hall–Kier alpha value is -0.160. The Balaban J connectivity index is 2.19. The predicted molar refractivity (Wildman–Crippen MR) is 70.2 cm³/mol. The van der Waals surface area contributed by atoms with Crippen LogP contribution in [-0.2, 0) is 4.74 Å². The van der Waals surface area contributed by atoms with Gasteiger partial charge in [0.25, 0.3) is 0 Å². The summed E-state index contributed by atoms with van der Waals surface area (Å²) in [6.07, 6.45) is 1.18. The Labute approximate surface area is 105 Å². The summed E-state index contributed by atoms with van der Waals surface area (Å²) < 4.78 is 5.30. The maximum Gasteiger partial charge on any atom is 0.0869 e. The molecule has 2 atom stereocenters. The fraction of sp³-hybridized carbons (Fsp3) is 1.00. The number of nitrogens with one attached hydrogen (secondary N) is 1. The lowest BCUT2D eigenvalue weighted by molar-refractivity contribution is -0.0220. The summed E-state index contributed by atoms with van der Waals surface area (Å²) >= 11 is 0. The van der Waals surface area contributed by atoms with Crippen molar-refractivity contribution in [3.8, 4) is 0 Å². The monoisotopic (exact) mass is 244 g/mol. The number of hydrogen-bond acceptors (Lipinski definition) is 4. The summed E-state index contributed by atoms with van der Waals surface area (Å²) in [7, 11) is 0. The van der Waals surface area contributed by atoms with E-state index < -0.39 is 5.60 Å². The summed E-state index contributed by atoms with van der Waals surface area (Å²) in [5.41, 5.74) is -0.648. The van der Waals surface area contributed by atoms with Gasteiger partial charge < -0.3 is 15.2 Å². The van der Waals surface area contributed by atoms with Crippen LogP contribution in [0.1, 0.15) is 27.2 Å². The minimum atomic E-state index is -0.648. The molecule has 1 aliphatic rings. The van der Waals surface area contributed by atoms with E-state index in [2.05, 4.69) is 24.1 Å². The molecule has 0 amide bonds. The normalized spacial score (nSPS) is 23.3. The summed E-state index contributed by atoms with van der Waals surface area (Å²) in [4.78, 5) is 2.27. The fourth-order valence-electron chi connectivity index (χ4n) is 2.03. The molecular weight excluding hydrogens is 216 g/mol. The summed E-state index contributed by atoms with van der Waals surface area (Å²) in [6.45, 7) is 12.1. The van der Waals surface area contributed by atoms with E-state index in [1.807, 2.05) is 6.92 Å². The van der Waals surface area contributed by atoms with Gasteiger partial charge in [0.2, 0.25) is 0 Å². The van der Waals surface area contributed by atoms with Gasteiger partial charge in [0.1, 0.15) is 0 Å². The van der Waals surface area contributed by atoms with Crippen LogP contribution in [0, 0.1) is 5.92 Å². The third kappa shape index (κ3) is 6.36. The Morgan fingerprint density at radius 1 is 1.41 bits per heavy atom. The van der Waals surface area contributed by atoms with Gasteiger partial charge in [0.05, 0.1) is 18.8 Å². The maximum atomic E-state index is 10.3. The molecule has 0 aromatic carbocycles. The SMILES string of the molecule is CCC(C)CNCC(C)(O)CN1CCOCC1. The van der Waals surface area contributed by atoms with Crippen molar-refractivity contribution in [2.24, 2.45) is 5.92 Å². The third-order valence-electron chi connectivity index (χ3n) is 3.36. The molecule has 1 rings (SSSR count). The highest BCUT2D eigenvalue weighted by atomic mass is 16.5. The first kappa shape index (κ1) is 14.9. The molecule has 0 aromatic rings. The van der Waals surface area contributed by atoms with Gasteiger partial charge in [-0.3, -0.25) is 4.90 Å². The zero-order valence-electron chi connectivity index (χ0n) is 11.5. The quantitative estimate of drug-likeness (QED) is 0.692. The lowest BCUT2D eigenvalue weighted by atomic mass is 10.0. The first-order chi connectivity index (χ1) is 8.03. The molecule has 0 radical (unpaired) electrons. The molecule has 1 saturated heterocycles. The Kier molecular flexibility index (Phi) is 6.41. The maximum absolute atomic E-state index is 10.3. The molecule has 0 aliphatic carbocycles. The van der Waals surface area contributed by atoms with Crippen molar-refractivity contribution in [2.45, 2.75) is 32.8 Å². The van der Waals surface area contributed by atoms with Gasteiger partial charge >= 0.3 is 0 Å². The van der Waals surface area contributed by atoms with Crippen LogP contribution in [0.4, 0.5) is 0 Å². The number of nitrogens with zero attached hydrogens (tertiary/aromatic N) is 1. The molecule has 0 bridgehead atoms. The Bertz CT molecular complexity index is 204. The topological polar surface area (TPSA) is 44.7 Å². The van der Waals surface area contributed by atoms with Crippen LogP contribution in [0.2, 0.25) is 0 Å². The summed E-state index contributed by atoms with van der Waals surface area (Å²) in [6, 6.07) is 0. The first-order valence-corrected chi connectivity index (χ1v) is 6.76. The zero-order chi connectivity index (χ0) is 12.7. The van der Waals surface area contributed by atoms with E-state index in [9.17, 15) is 5.11 Å². The summed E-state index contributed by atoms with van der Waals surface area (Å²) in [5, 5.41) is 13.7. The first-order valence-electron chi connectivity index (χ1n) is 6.76. The zero-order valence-corrected chi connectivity index (χ0v) is 11.5. The number of ether oxygens (including phenoxy) is 1. The standard InChI is InChI=1S/C13H28N2O2/c1-4-12(2)9-14-10-13(3,16)11-15-5-7-17-8-6-15/h12,14,16H,4-11H2,1-3H3. The van der Waals surface area contributed by atoms with Crippen LogP contribution in [0.15, 0.2) is 0 Å². The lowest BCUT2D eigenvalue weighted by Gasteiger charge is -2.34. The van der Waals surface area contributed by atoms with Crippen molar-refractivity contribution in [1.82, 2.24) is 10.2 Å². The van der Waals surface area contributed by atoms with E-state index in [4.69, 9.17) is 4.74 Å². The number of rotatable bonds is 7. The molecule has 0 saturated carbocycles. The second-order valence-corrected chi connectivity index (χ2v) is 5.53. The van der Waals surface area contributed by atoms with Crippen LogP contribution in [0.5, 0.6) is 0 Å². The van der Waals surface area contributed by atoms with Crippen molar-refractivity contribution in [3.05, 3.63) is 0 Å². The Morgan fingerprint density at radius 2 is 2.06 bits per heavy atom. The minimum Gasteiger partial charge on any atom is -0.388 e. The van der Waals surface area contributed by atoms with E-state index in [1.54, 1.807) is 0 Å². The van der Waals surface area contributed by atoms with Gasteiger partial charge in [-0.25, -0.2) is 0 Å². The van der Waals surface area contributed by atoms with Crippen molar-refractivity contribution in [3.63, 3.8) is 0 Å². The molecule has 1 fully saturated rings. The van der Waals surface area contributed by atoms with Crippen molar-refractivity contribution >= 4 is 0 Å². The van der Waals surface area contributed by atoms with Crippen molar-refractivity contribution in [2.75, 3.05) is 45.9 Å². The predicted octanol–water partition coefficient (Wildman–Crippen LogP) is 0.705. The largest absolute Gasteiger partial charge is 0.388 e. The van der Waals surface area contributed by atoms with E-state index in [-0.39, 0.29) is 0 Å². The van der Waals surface area contributed by atoms with Gasteiger partial charge in [-0.2, -0.15) is 0 Å². The van der Waals surface area contributed by atoms with Gasteiger partial charge in [0, 0.05) is 26.2 Å². The average molecular weight is 244 g/mol. The molecule has 0 spiro atoms. The minimum absolute atomic E-state index is 0.648. The van der Waals surface area contributed by atoms with Gasteiger partial charge in [0.15, 0.2) is 0 Å². The Morgan fingerprint density at radius 3 is 2.65 bits per heavy atom. The molecule has 1 aliphatic heterocycles. The number of morpholine rings is 1. The molecule has 0 aromatic heterocycles. The summed E-state index contributed by atoms with van der Waals surface area (Å²) in [5.74, 6) is 0.675. The second kappa shape index (κ2) is 7.31. The second-order valence-electron chi connectivity index (χ2n) is 5.53. The molecule has 4 nitrogen and oxygen atoms in total. The fourth-order valence-corrected chi connectivity index (χ4v) is 2.03. The van der Waals surface area contributed by atoms with Crippen LogP contribution in [-0.4, -0.2) is 61.5 Å². The molecule has 102 valence electrons. The van der Waals surface area contributed by atoms with E-state index in [1.165, 1.54) is 6.42 Å². The van der Waals surface area contributed by atoms with E-state index >= 15 is 0 Å². The molecule has 4 heteroatoms. The van der Waals surface area contributed by atoms with Crippen LogP contribution < -0.4 is 5.32 Å². The van der Waals surface area contributed by atoms with Crippen LogP contribution in [0.3, 0.4) is 0 Å². The molecule has 2 N–H and O–H groups in total. The molecular formula is C13H28N2O2. The van der Waals surface area contributed by atoms with Crippen molar-refractivity contribution in [1.29, 1.82) is 0 Å². The van der Waals surface area contributed by atoms with Crippen LogP contribution >= 0.6 is 0 Å². The van der Waals surface area contributed by atoms with Gasteiger partial charge in [-0.05, 0) is 19.4 Å². The molecule has 2 unspecified atom stereocenters. The third-order valence-corrected chi connectivity index (χ3v) is 3.36. The molecule has 1 heterocycles.